The van der Waals surface area contributed by atoms with Gasteiger partial charge in [0, 0.05) is 18.8 Å². The summed E-state index contributed by atoms with van der Waals surface area (Å²) in [6.07, 6.45) is 5.10. The molecule has 9 nitrogen and oxygen atoms in total. The first-order valence-corrected chi connectivity index (χ1v) is 12.2. The summed E-state index contributed by atoms with van der Waals surface area (Å²) in [5, 5.41) is 7.55. The highest BCUT2D eigenvalue weighted by atomic mass is 16.5. The fraction of sp³-hybridized carbons (Fsp3) is 0.179. The molecule has 0 amide bonds. The molecule has 0 aliphatic carbocycles. The first-order chi connectivity index (χ1) is 18.2. The minimum Gasteiger partial charge on any atom is -0.423 e. The number of carbonyl (C=O) groups is 1. The number of aromatic nitrogens is 3. The van der Waals surface area contributed by atoms with Crippen molar-refractivity contribution in [1.82, 2.24) is 15.0 Å². The average molecular weight is 494 g/mol. The number of nitrogens with one attached hydrogen (secondary N) is 2. The van der Waals surface area contributed by atoms with Gasteiger partial charge in [-0.1, -0.05) is 36.4 Å². The summed E-state index contributed by atoms with van der Waals surface area (Å²) in [5.74, 6) is 1.47. The van der Waals surface area contributed by atoms with Crippen LogP contribution < -0.4 is 20.4 Å². The van der Waals surface area contributed by atoms with Crippen molar-refractivity contribution >= 4 is 35.7 Å². The summed E-state index contributed by atoms with van der Waals surface area (Å²) < 4.78 is 5.42. The molecule has 0 spiro atoms. The Morgan fingerprint density at radius 2 is 1.49 bits per heavy atom. The highest BCUT2D eigenvalue weighted by molar-refractivity contribution is 5.91. The minimum atomic E-state index is -0.400. The lowest BCUT2D eigenvalue weighted by Crippen LogP contribution is -2.31. The third-order valence-corrected chi connectivity index (χ3v) is 5.77. The molecular weight excluding hydrogens is 466 g/mol. The van der Waals surface area contributed by atoms with E-state index in [2.05, 4.69) is 35.7 Å². The van der Waals surface area contributed by atoms with Crippen molar-refractivity contribution in [2.45, 2.75) is 19.3 Å². The summed E-state index contributed by atoms with van der Waals surface area (Å²) in [6, 6.07) is 25.7. The molecule has 186 valence electrons. The number of hydrogen-bond donors (Lipinski definition) is 2. The van der Waals surface area contributed by atoms with Gasteiger partial charge in [0.25, 0.3) is 0 Å². The summed E-state index contributed by atoms with van der Waals surface area (Å²) in [6.45, 7) is 1.83. The summed E-state index contributed by atoms with van der Waals surface area (Å²) in [5.41, 5.74) is 5.13. The maximum atomic E-state index is 12.2. The maximum absolute atomic E-state index is 12.2. The van der Waals surface area contributed by atoms with Crippen molar-refractivity contribution in [1.29, 1.82) is 0 Å². The molecule has 9 heteroatoms. The normalized spacial score (nSPS) is 13.4. The molecule has 0 unspecified atom stereocenters. The van der Waals surface area contributed by atoms with E-state index in [4.69, 9.17) is 4.74 Å². The molecule has 0 radical (unpaired) electrons. The number of benzene rings is 3. The van der Waals surface area contributed by atoms with Crippen LogP contribution in [0.4, 0.5) is 23.5 Å². The molecule has 1 aliphatic heterocycles. The molecular formula is C28H27N7O2. The van der Waals surface area contributed by atoms with Crippen LogP contribution in [0.2, 0.25) is 0 Å². The average Bonchev–Trinajstić information content (AvgIpc) is 2.95. The second-order valence-corrected chi connectivity index (χ2v) is 8.52. The van der Waals surface area contributed by atoms with Crippen molar-refractivity contribution in [3.05, 3.63) is 96.1 Å². The Bertz CT molecular complexity index is 1340. The van der Waals surface area contributed by atoms with Gasteiger partial charge in [-0.05, 0) is 73.4 Å². The zero-order chi connectivity index (χ0) is 25.3. The Morgan fingerprint density at radius 1 is 0.811 bits per heavy atom. The summed E-state index contributed by atoms with van der Waals surface area (Å²) in [7, 11) is 0. The lowest BCUT2D eigenvalue weighted by molar-refractivity contribution is 0.0734. The van der Waals surface area contributed by atoms with Gasteiger partial charge < -0.3 is 15.0 Å². The van der Waals surface area contributed by atoms with E-state index >= 15 is 0 Å². The van der Waals surface area contributed by atoms with Gasteiger partial charge in [0.15, 0.2) is 0 Å². The Balaban J connectivity index is 1.26. The first kappa shape index (κ1) is 23.9. The second kappa shape index (κ2) is 11.8. The van der Waals surface area contributed by atoms with Crippen molar-refractivity contribution in [3.8, 4) is 5.75 Å². The Hall–Kier alpha value is -4.79. The number of esters is 1. The second-order valence-electron chi connectivity index (χ2n) is 8.52. The highest BCUT2D eigenvalue weighted by Gasteiger charge is 2.16. The van der Waals surface area contributed by atoms with Crippen molar-refractivity contribution in [2.75, 3.05) is 28.7 Å². The smallest absolute Gasteiger partial charge is 0.343 e. The molecule has 3 aromatic carbocycles. The third-order valence-electron chi connectivity index (χ3n) is 5.77. The minimum absolute atomic E-state index is 0.346. The number of para-hydroxylation sites is 1. The molecule has 0 bridgehead atoms. The zero-order valence-electron chi connectivity index (χ0n) is 20.2. The maximum Gasteiger partial charge on any atom is 0.343 e. The Kier molecular flexibility index (Phi) is 7.61. The quantitative estimate of drug-likeness (QED) is 0.148. The predicted octanol–water partition coefficient (Wildman–Crippen LogP) is 5.27. The number of hydrogen-bond acceptors (Lipinski definition) is 9. The topological polar surface area (TPSA) is 105 Å². The van der Waals surface area contributed by atoms with E-state index in [1.54, 1.807) is 42.6 Å². The summed E-state index contributed by atoms with van der Waals surface area (Å²) >= 11 is 0. The van der Waals surface area contributed by atoms with E-state index in [0.29, 0.717) is 29.2 Å². The first-order valence-electron chi connectivity index (χ1n) is 12.2. The standard InChI is InChI=1S/C28H27N7O2/c36-25(22-10-4-1-5-11-22)37-24-16-14-21(15-17-24)20-29-34-27-31-26(30-23-12-6-2-7-13-23)32-28(33-27)35-18-8-3-9-19-35/h1-2,4-7,10-17,20H,3,8-9,18-19H2,(H2,30,31,32,33,34)/b29-20+. The predicted molar refractivity (Wildman–Crippen MR) is 145 cm³/mol. The van der Waals surface area contributed by atoms with Gasteiger partial charge in [0.2, 0.25) is 17.8 Å². The molecule has 0 saturated carbocycles. The zero-order valence-corrected chi connectivity index (χ0v) is 20.2. The van der Waals surface area contributed by atoms with E-state index in [9.17, 15) is 4.79 Å². The van der Waals surface area contributed by atoms with Crippen LogP contribution >= 0.6 is 0 Å². The molecule has 2 N–H and O–H groups in total. The number of hydrazone groups is 1. The van der Waals surface area contributed by atoms with Crippen molar-refractivity contribution < 1.29 is 9.53 Å². The molecule has 1 aromatic heterocycles. The lowest BCUT2D eigenvalue weighted by Gasteiger charge is -2.26. The fourth-order valence-corrected chi connectivity index (χ4v) is 3.88. The number of rotatable bonds is 8. The van der Waals surface area contributed by atoms with Crippen LogP contribution in [0.25, 0.3) is 0 Å². The van der Waals surface area contributed by atoms with Crippen LogP contribution in [0.1, 0.15) is 35.2 Å². The van der Waals surface area contributed by atoms with Gasteiger partial charge >= 0.3 is 5.97 Å². The SMILES string of the molecule is O=C(Oc1ccc(/C=N/Nc2nc(Nc3ccccc3)nc(N3CCCCC3)n2)cc1)c1ccccc1. The van der Waals surface area contributed by atoms with E-state index in [1.807, 2.05) is 48.5 Å². The molecule has 4 aromatic rings. The number of piperidine rings is 1. The molecule has 5 rings (SSSR count). The van der Waals surface area contributed by atoms with E-state index < -0.39 is 5.97 Å². The van der Waals surface area contributed by atoms with Crippen LogP contribution in [-0.2, 0) is 0 Å². The Morgan fingerprint density at radius 3 is 2.22 bits per heavy atom. The highest BCUT2D eigenvalue weighted by Crippen LogP contribution is 2.21. The van der Waals surface area contributed by atoms with Gasteiger partial charge in [-0.3, -0.25) is 0 Å². The number of nitrogens with zero attached hydrogens (tertiary/aromatic N) is 5. The monoisotopic (exact) mass is 493 g/mol. The molecule has 1 aliphatic rings. The molecule has 1 fully saturated rings. The lowest BCUT2D eigenvalue weighted by atomic mass is 10.1. The van der Waals surface area contributed by atoms with Gasteiger partial charge in [-0.15, -0.1) is 0 Å². The molecule has 2 heterocycles. The molecule has 37 heavy (non-hydrogen) atoms. The van der Waals surface area contributed by atoms with Gasteiger partial charge in [0.05, 0.1) is 11.8 Å². The van der Waals surface area contributed by atoms with Crippen LogP contribution in [0, 0.1) is 0 Å². The molecule has 1 saturated heterocycles. The van der Waals surface area contributed by atoms with E-state index in [-0.39, 0.29) is 0 Å². The van der Waals surface area contributed by atoms with Gasteiger partial charge in [-0.2, -0.15) is 20.1 Å². The van der Waals surface area contributed by atoms with E-state index in [0.717, 1.165) is 37.2 Å². The van der Waals surface area contributed by atoms with Crippen LogP contribution in [0.15, 0.2) is 90.0 Å². The number of carbonyl (C=O) groups excluding carboxylic acids is 1. The van der Waals surface area contributed by atoms with Gasteiger partial charge in [0.1, 0.15) is 5.75 Å². The van der Waals surface area contributed by atoms with E-state index in [1.165, 1.54) is 6.42 Å². The van der Waals surface area contributed by atoms with Crippen LogP contribution in [0.5, 0.6) is 5.75 Å². The van der Waals surface area contributed by atoms with Gasteiger partial charge in [-0.25, -0.2) is 10.2 Å². The largest absolute Gasteiger partial charge is 0.423 e. The van der Waals surface area contributed by atoms with Crippen molar-refractivity contribution in [3.63, 3.8) is 0 Å². The third kappa shape index (κ3) is 6.66. The van der Waals surface area contributed by atoms with Crippen LogP contribution in [0.3, 0.4) is 0 Å². The number of anilines is 4. The fourth-order valence-electron chi connectivity index (χ4n) is 3.88. The summed E-state index contributed by atoms with van der Waals surface area (Å²) in [4.78, 5) is 28.1. The van der Waals surface area contributed by atoms with Crippen molar-refractivity contribution in [2.24, 2.45) is 5.10 Å². The number of ether oxygens (including phenoxy) is 1. The van der Waals surface area contributed by atoms with Crippen LogP contribution in [-0.4, -0.2) is 40.2 Å². The molecule has 0 atom stereocenters. The Labute approximate surface area is 215 Å².